The first-order valence-corrected chi connectivity index (χ1v) is 5.72. The fourth-order valence-corrected chi connectivity index (χ4v) is 1.55. The van der Waals surface area contributed by atoms with E-state index in [0.717, 1.165) is 12.8 Å². The second-order valence-corrected chi connectivity index (χ2v) is 4.45. The van der Waals surface area contributed by atoms with Crippen LogP contribution in [-0.2, 0) is 4.79 Å². The van der Waals surface area contributed by atoms with Gasteiger partial charge in [-0.25, -0.2) is 0 Å². The fraction of sp³-hybridized carbons (Fsp3) is 0.917. The molecule has 0 aliphatic rings. The molecule has 1 N–H and O–H groups in total. The molecule has 0 aromatic rings. The maximum Gasteiger partial charge on any atom is 0.164 e. The van der Waals surface area contributed by atoms with E-state index in [-0.39, 0.29) is 5.78 Å². The average Bonchev–Trinajstić information content (AvgIpc) is 2.15. The van der Waals surface area contributed by atoms with Crippen molar-refractivity contribution in [1.82, 2.24) is 0 Å². The van der Waals surface area contributed by atoms with Gasteiger partial charge in [-0.05, 0) is 25.2 Å². The minimum absolute atomic E-state index is 0.0168. The number of hydrogen-bond donors (Lipinski definition) is 1. The van der Waals surface area contributed by atoms with E-state index in [1.807, 2.05) is 13.8 Å². The van der Waals surface area contributed by atoms with Crippen LogP contribution in [0.1, 0.15) is 59.8 Å². The Balaban J connectivity index is 3.94. The summed E-state index contributed by atoms with van der Waals surface area (Å²) in [5.74, 6) is 0.655. The van der Waals surface area contributed by atoms with Crippen molar-refractivity contribution >= 4 is 5.78 Å². The highest BCUT2D eigenvalue weighted by atomic mass is 16.3. The van der Waals surface area contributed by atoms with Crippen molar-refractivity contribution < 1.29 is 9.90 Å². The molecule has 0 unspecified atom stereocenters. The second kappa shape index (κ2) is 6.18. The van der Waals surface area contributed by atoms with Crippen LogP contribution in [0.2, 0.25) is 0 Å². The van der Waals surface area contributed by atoms with Crippen LogP contribution in [0.15, 0.2) is 0 Å². The van der Waals surface area contributed by atoms with Crippen LogP contribution in [0.3, 0.4) is 0 Å². The Morgan fingerprint density at radius 2 is 1.79 bits per heavy atom. The second-order valence-electron chi connectivity index (χ2n) is 4.45. The molecule has 0 radical (unpaired) electrons. The minimum atomic E-state index is -1.06. The van der Waals surface area contributed by atoms with Gasteiger partial charge < -0.3 is 5.11 Å². The van der Waals surface area contributed by atoms with Gasteiger partial charge in [0.05, 0.1) is 0 Å². The third kappa shape index (κ3) is 4.23. The summed E-state index contributed by atoms with van der Waals surface area (Å²) in [6, 6.07) is 0. The van der Waals surface area contributed by atoms with Crippen molar-refractivity contribution in [3.05, 3.63) is 0 Å². The lowest BCUT2D eigenvalue weighted by molar-refractivity contribution is -0.138. The molecule has 0 saturated heterocycles. The average molecular weight is 200 g/mol. The van der Waals surface area contributed by atoms with Crippen LogP contribution in [0, 0.1) is 5.92 Å². The quantitative estimate of drug-likeness (QED) is 0.686. The summed E-state index contributed by atoms with van der Waals surface area (Å²) in [5.41, 5.74) is -1.06. The van der Waals surface area contributed by atoms with E-state index in [0.29, 0.717) is 25.2 Å². The number of Topliss-reactive ketones (excluding diaryl/α,β-unsaturated/α-hetero) is 1. The van der Waals surface area contributed by atoms with E-state index in [4.69, 9.17) is 0 Å². The van der Waals surface area contributed by atoms with E-state index in [1.165, 1.54) is 0 Å². The predicted molar refractivity (Wildman–Crippen MR) is 59.2 cm³/mol. The van der Waals surface area contributed by atoms with Gasteiger partial charge in [-0.15, -0.1) is 0 Å². The highest BCUT2D eigenvalue weighted by molar-refractivity contribution is 5.86. The smallest absolute Gasteiger partial charge is 0.164 e. The molecule has 0 atom stereocenters. The van der Waals surface area contributed by atoms with Crippen molar-refractivity contribution in [2.75, 3.05) is 0 Å². The third-order valence-electron chi connectivity index (χ3n) is 2.87. The van der Waals surface area contributed by atoms with E-state index in [9.17, 15) is 9.90 Å². The molecular weight excluding hydrogens is 176 g/mol. The number of carbonyl (C=O) groups is 1. The Kier molecular flexibility index (Phi) is 6.01. The molecule has 0 rings (SSSR count). The molecular formula is C12H24O2. The Labute approximate surface area is 87.7 Å². The Morgan fingerprint density at radius 1 is 1.29 bits per heavy atom. The molecule has 0 aliphatic heterocycles. The van der Waals surface area contributed by atoms with Crippen LogP contribution in [0.4, 0.5) is 0 Å². The third-order valence-corrected chi connectivity index (χ3v) is 2.87. The number of ketones is 1. The lowest BCUT2D eigenvalue weighted by Crippen LogP contribution is -2.37. The fourth-order valence-electron chi connectivity index (χ4n) is 1.55. The maximum atomic E-state index is 11.7. The zero-order chi connectivity index (χ0) is 11.2. The summed E-state index contributed by atoms with van der Waals surface area (Å²) < 4.78 is 0. The van der Waals surface area contributed by atoms with E-state index in [1.54, 1.807) is 0 Å². The summed E-state index contributed by atoms with van der Waals surface area (Å²) in [4.78, 5) is 11.7. The first kappa shape index (κ1) is 13.6. The van der Waals surface area contributed by atoms with Gasteiger partial charge in [0.15, 0.2) is 5.78 Å². The molecule has 0 aliphatic carbocycles. The number of carbonyl (C=O) groups excluding carboxylic acids is 1. The SMILES string of the molecule is CCC(O)(CC)C(=O)CCCC(C)C. The zero-order valence-corrected chi connectivity index (χ0v) is 9.97. The van der Waals surface area contributed by atoms with Gasteiger partial charge in [0.25, 0.3) is 0 Å². The monoisotopic (exact) mass is 200 g/mol. The first-order valence-electron chi connectivity index (χ1n) is 5.72. The van der Waals surface area contributed by atoms with Gasteiger partial charge in [-0.3, -0.25) is 4.79 Å². The highest BCUT2D eigenvalue weighted by Gasteiger charge is 2.30. The van der Waals surface area contributed by atoms with Gasteiger partial charge in [0.2, 0.25) is 0 Å². The Morgan fingerprint density at radius 3 is 2.14 bits per heavy atom. The van der Waals surface area contributed by atoms with Crippen LogP contribution >= 0.6 is 0 Å². The summed E-state index contributed by atoms with van der Waals surface area (Å²) in [5, 5.41) is 9.91. The molecule has 14 heavy (non-hydrogen) atoms. The van der Waals surface area contributed by atoms with Crippen molar-refractivity contribution in [2.24, 2.45) is 5.92 Å². The van der Waals surface area contributed by atoms with Crippen LogP contribution < -0.4 is 0 Å². The molecule has 0 spiro atoms. The topological polar surface area (TPSA) is 37.3 Å². The van der Waals surface area contributed by atoms with E-state index < -0.39 is 5.60 Å². The lowest BCUT2D eigenvalue weighted by atomic mass is 9.89. The summed E-state index contributed by atoms with van der Waals surface area (Å²) in [6.45, 7) is 8.03. The minimum Gasteiger partial charge on any atom is -0.382 e. The molecule has 0 bridgehead atoms. The summed E-state index contributed by atoms with van der Waals surface area (Å²) in [7, 11) is 0. The number of aliphatic hydroxyl groups is 1. The predicted octanol–water partition coefficient (Wildman–Crippen LogP) is 2.93. The normalized spacial score (nSPS) is 12.1. The summed E-state index contributed by atoms with van der Waals surface area (Å²) >= 11 is 0. The molecule has 2 heteroatoms. The van der Waals surface area contributed by atoms with E-state index in [2.05, 4.69) is 13.8 Å². The molecule has 84 valence electrons. The standard InChI is InChI=1S/C12H24O2/c1-5-12(14,6-2)11(13)9-7-8-10(3)4/h10,14H,5-9H2,1-4H3. The zero-order valence-electron chi connectivity index (χ0n) is 9.97. The first-order chi connectivity index (χ1) is 6.46. The lowest BCUT2D eigenvalue weighted by Gasteiger charge is -2.23. The largest absolute Gasteiger partial charge is 0.382 e. The van der Waals surface area contributed by atoms with Crippen molar-refractivity contribution in [1.29, 1.82) is 0 Å². The van der Waals surface area contributed by atoms with Gasteiger partial charge in [0, 0.05) is 6.42 Å². The molecule has 2 nitrogen and oxygen atoms in total. The molecule has 0 saturated carbocycles. The van der Waals surface area contributed by atoms with Crippen LogP contribution in [0.5, 0.6) is 0 Å². The maximum absolute atomic E-state index is 11.7. The Hall–Kier alpha value is -0.370. The molecule has 0 heterocycles. The van der Waals surface area contributed by atoms with E-state index >= 15 is 0 Å². The number of rotatable bonds is 7. The number of hydrogen-bond acceptors (Lipinski definition) is 2. The van der Waals surface area contributed by atoms with Crippen LogP contribution in [0.25, 0.3) is 0 Å². The molecule has 0 fully saturated rings. The molecule has 0 amide bonds. The Bertz CT molecular complexity index is 169. The van der Waals surface area contributed by atoms with Gasteiger partial charge in [-0.1, -0.05) is 34.1 Å². The van der Waals surface area contributed by atoms with Crippen molar-refractivity contribution in [3.8, 4) is 0 Å². The highest BCUT2D eigenvalue weighted by Crippen LogP contribution is 2.19. The molecule has 0 aromatic carbocycles. The van der Waals surface area contributed by atoms with Crippen molar-refractivity contribution in [3.63, 3.8) is 0 Å². The summed E-state index contributed by atoms with van der Waals surface area (Å²) in [6.07, 6.45) is 3.55. The molecule has 0 aromatic heterocycles. The van der Waals surface area contributed by atoms with Gasteiger partial charge in [0.1, 0.15) is 5.60 Å². The van der Waals surface area contributed by atoms with Gasteiger partial charge in [-0.2, -0.15) is 0 Å². The van der Waals surface area contributed by atoms with Gasteiger partial charge >= 0.3 is 0 Å². The van der Waals surface area contributed by atoms with Crippen LogP contribution in [-0.4, -0.2) is 16.5 Å². The van der Waals surface area contributed by atoms with Crippen molar-refractivity contribution in [2.45, 2.75) is 65.4 Å².